The molecule has 38 valence electrons. The van der Waals surface area contributed by atoms with Crippen molar-refractivity contribution in [2.75, 3.05) is 0 Å². The van der Waals surface area contributed by atoms with E-state index < -0.39 is 0 Å². The third-order valence-electron chi connectivity index (χ3n) is 2.32. The summed E-state index contributed by atoms with van der Waals surface area (Å²) < 4.78 is 0. The second-order valence-corrected chi connectivity index (χ2v) is 2.73. The van der Waals surface area contributed by atoms with Crippen molar-refractivity contribution in [3.8, 4) is 0 Å². The molecule has 0 aromatic carbocycles. The van der Waals surface area contributed by atoms with Gasteiger partial charge in [-0.15, -0.1) is 0 Å². The molecule has 3 atom stereocenters. The molecule has 2 rings (SSSR count). The van der Waals surface area contributed by atoms with Gasteiger partial charge in [0.15, 0.2) is 0 Å². The Kier molecular flexibility index (Phi) is 0.473. The summed E-state index contributed by atoms with van der Waals surface area (Å²) in [6, 6.07) is 0. The molecule has 0 amide bonds. The van der Waals surface area contributed by atoms with Gasteiger partial charge in [0.2, 0.25) is 0 Å². The number of hydrogen-bond donors (Lipinski definition) is 1. The van der Waals surface area contributed by atoms with Gasteiger partial charge in [-0.1, -0.05) is 0 Å². The molecule has 7 heavy (non-hydrogen) atoms. The summed E-state index contributed by atoms with van der Waals surface area (Å²) in [5.41, 5.74) is 0. The van der Waals surface area contributed by atoms with E-state index in [9.17, 15) is 0 Å². The second kappa shape index (κ2) is 0.908. The van der Waals surface area contributed by atoms with Crippen molar-refractivity contribution in [1.82, 2.24) is 0 Å². The SMILES string of the molecule is N=CC1CC2CC12. The van der Waals surface area contributed by atoms with Crippen molar-refractivity contribution in [2.24, 2.45) is 17.8 Å². The number of nitrogens with one attached hydrogen (secondary N) is 1. The van der Waals surface area contributed by atoms with Gasteiger partial charge in [-0.25, -0.2) is 0 Å². The number of hydrogen-bond acceptors (Lipinski definition) is 1. The Balaban J connectivity index is 2.02. The van der Waals surface area contributed by atoms with E-state index in [-0.39, 0.29) is 0 Å². The van der Waals surface area contributed by atoms with Crippen molar-refractivity contribution in [1.29, 1.82) is 5.41 Å². The van der Waals surface area contributed by atoms with Crippen LogP contribution in [0.25, 0.3) is 0 Å². The Morgan fingerprint density at radius 1 is 1.43 bits per heavy atom. The predicted octanol–water partition coefficient (Wildman–Crippen LogP) is 1.29. The van der Waals surface area contributed by atoms with Gasteiger partial charge in [0, 0.05) is 0 Å². The summed E-state index contributed by atoms with van der Waals surface area (Å²) in [5.74, 6) is 2.73. The van der Waals surface area contributed by atoms with E-state index in [4.69, 9.17) is 5.41 Å². The van der Waals surface area contributed by atoms with Crippen LogP contribution in [-0.2, 0) is 0 Å². The summed E-state index contributed by atoms with van der Waals surface area (Å²) in [6.45, 7) is 0. The molecule has 0 bridgehead atoms. The molecule has 2 aliphatic rings. The average molecular weight is 95.1 g/mol. The summed E-state index contributed by atoms with van der Waals surface area (Å²) in [4.78, 5) is 0. The van der Waals surface area contributed by atoms with Crippen LogP contribution in [0.2, 0.25) is 0 Å². The lowest BCUT2D eigenvalue weighted by Crippen LogP contribution is -2.15. The van der Waals surface area contributed by atoms with E-state index in [2.05, 4.69) is 0 Å². The fourth-order valence-corrected chi connectivity index (χ4v) is 1.59. The molecule has 2 saturated carbocycles. The van der Waals surface area contributed by atoms with E-state index >= 15 is 0 Å². The molecule has 1 N–H and O–H groups in total. The fraction of sp³-hybridized carbons (Fsp3) is 0.833. The Bertz CT molecular complexity index is 109. The first-order valence-corrected chi connectivity index (χ1v) is 2.92. The monoisotopic (exact) mass is 95.1 g/mol. The van der Waals surface area contributed by atoms with Gasteiger partial charge < -0.3 is 5.41 Å². The average Bonchev–Trinajstić information content (AvgIpc) is 2.18. The first-order chi connectivity index (χ1) is 3.42. The standard InChI is InChI=1S/C6H9N/c7-3-5-1-4-2-6(4)5/h3-7H,1-2H2. The van der Waals surface area contributed by atoms with Crippen LogP contribution in [0.5, 0.6) is 0 Å². The van der Waals surface area contributed by atoms with E-state index in [0.717, 1.165) is 11.8 Å². The molecular formula is C6H9N. The molecule has 0 saturated heterocycles. The lowest BCUT2D eigenvalue weighted by Gasteiger charge is -2.18. The van der Waals surface area contributed by atoms with Crippen LogP contribution < -0.4 is 0 Å². The van der Waals surface area contributed by atoms with E-state index in [1.165, 1.54) is 12.8 Å². The van der Waals surface area contributed by atoms with Crippen LogP contribution in [0, 0.1) is 23.2 Å². The van der Waals surface area contributed by atoms with Gasteiger partial charge >= 0.3 is 0 Å². The third kappa shape index (κ3) is 0.311. The maximum Gasteiger partial charge on any atom is -0.00138 e. The van der Waals surface area contributed by atoms with Crippen LogP contribution >= 0.6 is 0 Å². The molecule has 1 heteroatoms. The minimum atomic E-state index is 0.699. The highest BCUT2D eigenvalue weighted by Crippen LogP contribution is 2.58. The first-order valence-electron chi connectivity index (χ1n) is 2.92. The fourth-order valence-electron chi connectivity index (χ4n) is 1.59. The molecule has 3 unspecified atom stereocenters. The molecule has 2 fully saturated rings. The number of fused-ring (bicyclic) bond motifs is 1. The van der Waals surface area contributed by atoms with E-state index in [0.29, 0.717) is 5.92 Å². The molecule has 0 aliphatic heterocycles. The maximum atomic E-state index is 6.89. The zero-order valence-corrected chi connectivity index (χ0v) is 4.22. The molecule has 0 radical (unpaired) electrons. The molecule has 0 spiro atoms. The highest BCUT2D eigenvalue weighted by Gasteiger charge is 2.52. The third-order valence-corrected chi connectivity index (χ3v) is 2.32. The van der Waals surface area contributed by atoms with Crippen LogP contribution in [-0.4, -0.2) is 6.21 Å². The van der Waals surface area contributed by atoms with Crippen molar-refractivity contribution in [2.45, 2.75) is 12.8 Å². The normalized spacial score (nSPS) is 54.6. The zero-order chi connectivity index (χ0) is 4.85. The van der Waals surface area contributed by atoms with Gasteiger partial charge in [-0.2, -0.15) is 0 Å². The Labute approximate surface area is 43.2 Å². The minimum Gasteiger partial charge on any atom is -0.313 e. The minimum absolute atomic E-state index is 0.699. The summed E-state index contributed by atoms with van der Waals surface area (Å²) in [5, 5.41) is 6.89. The van der Waals surface area contributed by atoms with Gasteiger partial charge in [0.1, 0.15) is 0 Å². The molecule has 0 aromatic heterocycles. The van der Waals surface area contributed by atoms with Gasteiger partial charge in [0.05, 0.1) is 0 Å². The predicted molar refractivity (Wildman–Crippen MR) is 28.5 cm³/mol. The lowest BCUT2D eigenvalue weighted by atomic mass is 9.87. The molecule has 1 nitrogen and oxygen atoms in total. The highest BCUT2D eigenvalue weighted by atomic mass is 14.6. The van der Waals surface area contributed by atoms with E-state index in [1.807, 2.05) is 0 Å². The van der Waals surface area contributed by atoms with Gasteiger partial charge in [0.25, 0.3) is 0 Å². The van der Waals surface area contributed by atoms with Crippen molar-refractivity contribution in [3.05, 3.63) is 0 Å². The molecule has 2 aliphatic carbocycles. The topological polar surface area (TPSA) is 23.9 Å². The molecule has 0 aromatic rings. The smallest absolute Gasteiger partial charge is 0.00138 e. The van der Waals surface area contributed by atoms with Crippen molar-refractivity contribution in [3.63, 3.8) is 0 Å². The van der Waals surface area contributed by atoms with Crippen LogP contribution in [0.1, 0.15) is 12.8 Å². The van der Waals surface area contributed by atoms with Crippen LogP contribution in [0.3, 0.4) is 0 Å². The van der Waals surface area contributed by atoms with Crippen LogP contribution in [0.4, 0.5) is 0 Å². The largest absolute Gasteiger partial charge is 0.313 e. The van der Waals surface area contributed by atoms with E-state index in [1.54, 1.807) is 6.21 Å². The van der Waals surface area contributed by atoms with Crippen molar-refractivity contribution >= 4 is 6.21 Å². The Hall–Kier alpha value is -0.330. The summed E-state index contributed by atoms with van der Waals surface area (Å²) in [7, 11) is 0. The summed E-state index contributed by atoms with van der Waals surface area (Å²) in [6.07, 6.45) is 4.38. The quantitative estimate of drug-likeness (QED) is 0.474. The van der Waals surface area contributed by atoms with Crippen molar-refractivity contribution < 1.29 is 0 Å². The zero-order valence-electron chi connectivity index (χ0n) is 4.22. The maximum absolute atomic E-state index is 6.89. The van der Waals surface area contributed by atoms with Gasteiger partial charge in [-0.05, 0) is 36.8 Å². The lowest BCUT2D eigenvalue weighted by molar-refractivity contribution is 0.387. The first kappa shape index (κ1) is 3.65. The molecule has 0 heterocycles. The highest BCUT2D eigenvalue weighted by molar-refractivity contribution is 5.60. The Morgan fingerprint density at radius 3 is 2.43 bits per heavy atom. The molecular weight excluding hydrogens is 86.1 g/mol. The summed E-state index contributed by atoms with van der Waals surface area (Å²) >= 11 is 0. The Morgan fingerprint density at radius 2 is 2.29 bits per heavy atom. The van der Waals surface area contributed by atoms with Gasteiger partial charge in [-0.3, -0.25) is 0 Å². The van der Waals surface area contributed by atoms with Crippen LogP contribution in [0.15, 0.2) is 0 Å². The second-order valence-electron chi connectivity index (χ2n) is 2.73. The number of rotatable bonds is 1.